The number of halogens is 1. The highest BCUT2D eigenvalue weighted by molar-refractivity contribution is 7.16. The Labute approximate surface area is 106 Å². The van der Waals surface area contributed by atoms with E-state index in [1.807, 2.05) is 6.07 Å². The Balaban J connectivity index is 1.69. The maximum atomic E-state index is 6.08. The maximum Gasteiger partial charge on any atom is 0.0931 e. The molecule has 4 heteroatoms. The Morgan fingerprint density at radius 2 is 2.31 bits per heavy atom. The van der Waals surface area contributed by atoms with E-state index < -0.39 is 0 Å². The van der Waals surface area contributed by atoms with Gasteiger partial charge in [-0.05, 0) is 50.9 Å². The molecule has 1 fully saturated rings. The largest absolute Gasteiger partial charge is 0.327 e. The van der Waals surface area contributed by atoms with E-state index in [4.69, 9.17) is 17.3 Å². The SMILES string of the molecule is CN(CCC(N)C1CC1)Cc1ccc(Cl)s1. The molecular formula is C12H19ClN2S. The van der Waals surface area contributed by atoms with Gasteiger partial charge < -0.3 is 10.6 Å². The molecule has 1 aromatic heterocycles. The van der Waals surface area contributed by atoms with Crippen LogP contribution in [0.4, 0.5) is 0 Å². The van der Waals surface area contributed by atoms with Gasteiger partial charge in [-0.1, -0.05) is 11.6 Å². The summed E-state index contributed by atoms with van der Waals surface area (Å²) in [5, 5.41) is 0. The van der Waals surface area contributed by atoms with Crippen LogP contribution in [0.3, 0.4) is 0 Å². The third-order valence-electron chi connectivity index (χ3n) is 3.13. The molecule has 2 nitrogen and oxygen atoms in total. The number of hydrogen-bond acceptors (Lipinski definition) is 3. The second-order valence-corrected chi connectivity index (χ2v) is 6.53. The molecule has 0 bridgehead atoms. The molecule has 0 saturated heterocycles. The lowest BCUT2D eigenvalue weighted by Gasteiger charge is -2.18. The number of hydrogen-bond donors (Lipinski definition) is 1. The molecule has 0 spiro atoms. The summed E-state index contributed by atoms with van der Waals surface area (Å²) in [6.45, 7) is 2.06. The van der Waals surface area contributed by atoms with E-state index in [9.17, 15) is 0 Å². The highest BCUT2D eigenvalue weighted by atomic mass is 35.5. The van der Waals surface area contributed by atoms with Crippen LogP contribution in [0.2, 0.25) is 4.34 Å². The lowest BCUT2D eigenvalue weighted by Crippen LogP contribution is -2.29. The number of thiophene rings is 1. The van der Waals surface area contributed by atoms with Gasteiger partial charge in [0.1, 0.15) is 0 Å². The van der Waals surface area contributed by atoms with E-state index in [2.05, 4.69) is 18.0 Å². The fourth-order valence-corrected chi connectivity index (χ4v) is 3.08. The molecule has 1 aliphatic carbocycles. The van der Waals surface area contributed by atoms with Gasteiger partial charge in [-0.25, -0.2) is 0 Å². The van der Waals surface area contributed by atoms with Crippen LogP contribution in [0, 0.1) is 5.92 Å². The zero-order valence-corrected chi connectivity index (χ0v) is 11.2. The molecule has 1 heterocycles. The fourth-order valence-electron chi connectivity index (χ4n) is 1.91. The van der Waals surface area contributed by atoms with Crippen LogP contribution in [-0.2, 0) is 6.54 Å². The molecule has 0 aliphatic heterocycles. The molecule has 0 radical (unpaired) electrons. The summed E-state index contributed by atoms with van der Waals surface area (Å²) in [5.74, 6) is 0.810. The van der Waals surface area contributed by atoms with Gasteiger partial charge in [0.15, 0.2) is 0 Å². The second kappa shape index (κ2) is 5.50. The molecule has 90 valence electrons. The van der Waals surface area contributed by atoms with Crippen molar-refractivity contribution < 1.29 is 0 Å². The minimum absolute atomic E-state index is 0.411. The van der Waals surface area contributed by atoms with Crippen molar-refractivity contribution in [3.05, 3.63) is 21.3 Å². The average molecular weight is 259 g/mol. The van der Waals surface area contributed by atoms with Crippen molar-refractivity contribution >= 4 is 22.9 Å². The highest BCUT2D eigenvalue weighted by Crippen LogP contribution is 2.32. The summed E-state index contributed by atoms with van der Waals surface area (Å²) in [6, 6.07) is 4.48. The molecular weight excluding hydrogens is 240 g/mol. The number of nitrogens with two attached hydrogens (primary N) is 1. The van der Waals surface area contributed by atoms with E-state index >= 15 is 0 Å². The Morgan fingerprint density at radius 1 is 1.56 bits per heavy atom. The van der Waals surface area contributed by atoms with Gasteiger partial charge in [-0.2, -0.15) is 0 Å². The minimum Gasteiger partial charge on any atom is -0.327 e. The first-order valence-corrected chi connectivity index (χ1v) is 7.03. The van der Waals surface area contributed by atoms with Crippen molar-refractivity contribution in [1.82, 2.24) is 4.90 Å². The van der Waals surface area contributed by atoms with Gasteiger partial charge in [-0.3, -0.25) is 0 Å². The molecule has 0 amide bonds. The molecule has 2 N–H and O–H groups in total. The molecule has 2 rings (SSSR count). The molecule has 1 aromatic rings. The van der Waals surface area contributed by atoms with Crippen LogP contribution >= 0.6 is 22.9 Å². The van der Waals surface area contributed by atoms with Crippen molar-refractivity contribution in [1.29, 1.82) is 0 Å². The lowest BCUT2D eigenvalue weighted by atomic mass is 10.1. The van der Waals surface area contributed by atoms with Gasteiger partial charge in [0.25, 0.3) is 0 Å². The van der Waals surface area contributed by atoms with E-state index in [-0.39, 0.29) is 0 Å². The van der Waals surface area contributed by atoms with Crippen molar-refractivity contribution in [3.8, 4) is 0 Å². The van der Waals surface area contributed by atoms with Gasteiger partial charge >= 0.3 is 0 Å². The average Bonchev–Trinajstić information content (AvgIpc) is 3.01. The quantitative estimate of drug-likeness (QED) is 0.850. The second-order valence-electron chi connectivity index (χ2n) is 4.73. The van der Waals surface area contributed by atoms with Crippen LogP contribution in [0.1, 0.15) is 24.1 Å². The molecule has 16 heavy (non-hydrogen) atoms. The van der Waals surface area contributed by atoms with Crippen molar-refractivity contribution in [2.75, 3.05) is 13.6 Å². The summed E-state index contributed by atoms with van der Waals surface area (Å²) < 4.78 is 0.873. The summed E-state index contributed by atoms with van der Waals surface area (Å²) in [5.41, 5.74) is 6.08. The summed E-state index contributed by atoms with van der Waals surface area (Å²) >= 11 is 7.56. The normalized spacial score (nSPS) is 18.0. The summed E-state index contributed by atoms with van der Waals surface area (Å²) in [6.07, 6.45) is 3.79. The van der Waals surface area contributed by atoms with Crippen LogP contribution < -0.4 is 5.73 Å². The third-order valence-corrected chi connectivity index (χ3v) is 4.34. The maximum absolute atomic E-state index is 6.08. The molecule has 1 saturated carbocycles. The topological polar surface area (TPSA) is 29.3 Å². The Morgan fingerprint density at radius 3 is 2.88 bits per heavy atom. The van der Waals surface area contributed by atoms with E-state index in [0.29, 0.717) is 6.04 Å². The van der Waals surface area contributed by atoms with Crippen LogP contribution in [0.25, 0.3) is 0 Å². The Hall–Kier alpha value is -0.0900. The standard InChI is InChI=1S/C12H19ClN2S/c1-15(7-6-11(14)9-2-3-9)8-10-4-5-12(13)16-10/h4-5,9,11H,2-3,6-8,14H2,1H3. The predicted molar refractivity (Wildman–Crippen MR) is 71.0 cm³/mol. The summed E-state index contributed by atoms with van der Waals surface area (Å²) in [4.78, 5) is 3.65. The first kappa shape index (κ1) is 12.4. The molecule has 0 aromatic carbocycles. The number of nitrogens with zero attached hydrogens (tertiary/aromatic N) is 1. The third kappa shape index (κ3) is 3.74. The Bertz CT molecular complexity index is 336. The predicted octanol–water partition coefficient (Wildman–Crippen LogP) is 2.96. The van der Waals surface area contributed by atoms with E-state index in [1.54, 1.807) is 11.3 Å². The minimum atomic E-state index is 0.411. The lowest BCUT2D eigenvalue weighted by molar-refractivity contribution is 0.307. The van der Waals surface area contributed by atoms with Gasteiger partial charge in [-0.15, -0.1) is 11.3 Å². The summed E-state index contributed by atoms with van der Waals surface area (Å²) in [7, 11) is 2.15. The fraction of sp³-hybridized carbons (Fsp3) is 0.667. The van der Waals surface area contributed by atoms with Crippen LogP contribution in [0.5, 0.6) is 0 Å². The monoisotopic (exact) mass is 258 g/mol. The first-order valence-electron chi connectivity index (χ1n) is 5.83. The van der Waals surface area contributed by atoms with Gasteiger partial charge in [0, 0.05) is 17.5 Å². The number of rotatable bonds is 6. The van der Waals surface area contributed by atoms with Crippen LogP contribution in [-0.4, -0.2) is 24.5 Å². The van der Waals surface area contributed by atoms with Gasteiger partial charge in [0.05, 0.1) is 4.34 Å². The van der Waals surface area contributed by atoms with Crippen LogP contribution in [0.15, 0.2) is 12.1 Å². The molecule has 1 aliphatic rings. The Kier molecular flexibility index (Phi) is 4.25. The van der Waals surface area contributed by atoms with Crippen molar-refractivity contribution in [2.24, 2.45) is 11.7 Å². The molecule has 1 unspecified atom stereocenters. The van der Waals surface area contributed by atoms with Crippen molar-refractivity contribution in [2.45, 2.75) is 31.8 Å². The molecule has 1 atom stereocenters. The first-order chi connectivity index (χ1) is 7.65. The zero-order valence-electron chi connectivity index (χ0n) is 9.66. The van der Waals surface area contributed by atoms with E-state index in [0.717, 1.165) is 29.8 Å². The van der Waals surface area contributed by atoms with Gasteiger partial charge in [0.2, 0.25) is 0 Å². The smallest absolute Gasteiger partial charge is 0.0931 e. The zero-order chi connectivity index (χ0) is 11.5. The highest BCUT2D eigenvalue weighted by Gasteiger charge is 2.28. The van der Waals surface area contributed by atoms with Crippen molar-refractivity contribution in [3.63, 3.8) is 0 Å². The van der Waals surface area contributed by atoms with E-state index in [1.165, 1.54) is 17.7 Å².